The number of benzene rings is 2. The van der Waals surface area contributed by atoms with Gasteiger partial charge in [-0.25, -0.2) is 13.8 Å². The number of rotatable bonds is 5. The van der Waals surface area contributed by atoms with Gasteiger partial charge in [-0.05, 0) is 53.8 Å². The lowest BCUT2D eigenvalue weighted by atomic mass is 9.52. The minimum Gasteiger partial charge on any atom is -0.515 e. The molecule has 0 spiro atoms. The third kappa shape index (κ3) is 3.79. The van der Waals surface area contributed by atoms with Crippen molar-refractivity contribution in [1.29, 1.82) is 0 Å². The molecule has 0 aliphatic rings. The van der Waals surface area contributed by atoms with Crippen LogP contribution >= 0.6 is 0 Å². The average Bonchev–Trinajstić information content (AvgIpc) is 3.08. The highest BCUT2D eigenvalue weighted by molar-refractivity contribution is 6.58. The molecule has 142 valence electrons. The predicted octanol–water partition coefficient (Wildman–Crippen LogP) is 3.68. The molecule has 0 fully saturated rings. The molecule has 0 unspecified atom stereocenters. The lowest BCUT2D eigenvalue weighted by Crippen LogP contribution is -2.37. The molecule has 0 aliphatic carbocycles. The normalized spacial score (nSPS) is 11.6. The van der Waals surface area contributed by atoms with E-state index in [-0.39, 0.29) is 16.9 Å². The molecule has 6 radical (unpaired) electrons. The van der Waals surface area contributed by atoms with Crippen molar-refractivity contribution in [3.63, 3.8) is 0 Å². The molecule has 2 aromatic carbocycles. The van der Waals surface area contributed by atoms with Gasteiger partial charge in [0.1, 0.15) is 52.3 Å². The summed E-state index contributed by atoms with van der Waals surface area (Å²) in [4.78, 5) is 7.40. The Bertz CT molecular complexity index is 1240. The Morgan fingerprint density at radius 2 is 1.80 bits per heavy atom. The quantitative estimate of drug-likeness (QED) is 0.524. The van der Waals surface area contributed by atoms with Crippen molar-refractivity contribution in [3.8, 4) is 33.9 Å². The van der Waals surface area contributed by atoms with Crippen LogP contribution in [0.3, 0.4) is 0 Å². The fraction of sp³-hybridized carbons (Fsp3) is 0.0952. The Morgan fingerprint density at radius 3 is 2.53 bits per heavy atom. The molecule has 9 heteroatoms. The fourth-order valence-corrected chi connectivity index (χ4v) is 3.30. The molecule has 0 atom stereocenters. The van der Waals surface area contributed by atoms with Crippen LogP contribution in [-0.2, 0) is 0 Å². The molecular formula is C21H13B3F2N2O2. The monoisotopic (exact) mass is 396 g/mol. The van der Waals surface area contributed by atoms with E-state index in [4.69, 9.17) is 33.0 Å². The van der Waals surface area contributed by atoms with Gasteiger partial charge in [0.25, 0.3) is 0 Å². The zero-order valence-corrected chi connectivity index (χ0v) is 15.9. The number of hydrogen-bond acceptors (Lipinski definition) is 3. The van der Waals surface area contributed by atoms with E-state index in [1.165, 1.54) is 37.4 Å². The molecule has 4 nitrogen and oxygen atoms in total. The standard InChI is InChI=1S/C21H13B3F2N2O2/c1-29-12-5-6-16(26)14(10-12)18-13-3-2-8-27-20(13)28-19(18)15-9-11(25)4-7-17(15)30-21(22,23)24/h2-10H,1H3,(H,27,28). The second kappa shape index (κ2) is 7.56. The summed E-state index contributed by atoms with van der Waals surface area (Å²) >= 11 is 0. The molecule has 4 rings (SSSR count). The van der Waals surface area contributed by atoms with Crippen LogP contribution in [0.15, 0.2) is 54.7 Å². The van der Waals surface area contributed by atoms with Gasteiger partial charge in [0.2, 0.25) is 0 Å². The van der Waals surface area contributed by atoms with Crippen LogP contribution in [0, 0.1) is 11.6 Å². The van der Waals surface area contributed by atoms with Crippen molar-refractivity contribution in [2.75, 3.05) is 7.11 Å². The fourth-order valence-electron chi connectivity index (χ4n) is 3.30. The van der Waals surface area contributed by atoms with Crippen LogP contribution in [0.4, 0.5) is 8.78 Å². The van der Waals surface area contributed by atoms with Gasteiger partial charge in [-0.3, -0.25) is 0 Å². The number of halogens is 2. The first-order valence-electron chi connectivity index (χ1n) is 8.93. The number of pyridine rings is 1. The summed E-state index contributed by atoms with van der Waals surface area (Å²) in [7, 11) is 18.2. The summed E-state index contributed by atoms with van der Waals surface area (Å²) in [6, 6.07) is 11.6. The van der Waals surface area contributed by atoms with Gasteiger partial charge >= 0.3 is 0 Å². The summed E-state index contributed by atoms with van der Waals surface area (Å²) in [5.41, 5.74) is 1.75. The number of nitrogens with zero attached hydrogens (tertiary/aromatic N) is 1. The zero-order valence-electron chi connectivity index (χ0n) is 15.9. The minimum atomic E-state index is -2.00. The largest absolute Gasteiger partial charge is 0.515 e. The van der Waals surface area contributed by atoms with Crippen LogP contribution in [0.1, 0.15) is 0 Å². The maximum absolute atomic E-state index is 14.9. The van der Waals surface area contributed by atoms with Crippen LogP contribution < -0.4 is 9.47 Å². The van der Waals surface area contributed by atoms with Gasteiger partial charge in [-0.15, -0.1) is 0 Å². The van der Waals surface area contributed by atoms with Crippen molar-refractivity contribution in [1.82, 2.24) is 9.97 Å². The molecule has 1 N–H and O–H groups in total. The van der Waals surface area contributed by atoms with E-state index in [9.17, 15) is 8.78 Å². The predicted molar refractivity (Wildman–Crippen MR) is 114 cm³/mol. The highest BCUT2D eigenvalue weighted by atomic mass is 19.1. The highest BCUT2D eigenvalue weighted by Gasteiger charge is 2.23. The molecule has 2 heterocycles. The summed E-state index contributed by atoms with van der Waals surface area (Å²) in [5.74, 6) is -0.472. The molecule has 0 amide bonds. The van der Waals surface area contributed by atoms with Crippen LogP contribution in [0.2, 0.25) is 0 Å². The van der Waals surface area contributed by atoms with Crippen molar-refractivity contribution in [3.05, 3.63) is 66.4 Å². The first kappa shape index (κ1) is 20.1. The van der Waals surface area contributed by atoms with Gasteiger partial charge < -0.3 is 14.5 Å². The Kier molecular flexibility index (Phi) is 5.06. The molecule has 2 aromatic heterocycles. The molecule has 4 aromatic rings. The Morgan fingerprint density at radius 1 is 1.00 bits per heavy atom. The number of methoxy groups -OCH3 is 1. The van der Waals surface area contributed by atoms with E-state index in [0.717, 1.165) is 0 Å². The minimum absolute atomic E-state index is 0.111. The maximum atomic E-state index is 14.9. The van der Waals surface area contributed by atoms with Gasteiger partial charge in [0.05, 0.1) is 12.8 Å². The number of hydrogen-bond donors (Lipinski definition) is 1. The van der Waals surface area contributed by atoms with Gasteiger partial charge in [0, 0.05) is 28.3 Å². The third-order valence-corrected chi connectivity index (χ3v) is 4.51. The number of aromatic nitrogens is 2. The second-order valence-corrected chi connectivity index (χ2v) is 6.72. The summed E-state index contributed by atoms with van der Waals surface area (Å²) in [6.07, 6.45) is 1.59. The summed E-state index contributed by atoms with van der Waals surface area (Å²) in [6.45, 7) is 0. The average molecular weight is 396 g/mol. The first-order chi connectivity index (χ1) is 14.3. The summed E-state index contributed by atoms with van der Waals surface area (Å²) < 4.78 is 39.7. The number of nitrogens with one attached hydrogen (secondary N) is 1. The Hall–Kier alpha value is -3.22. The SMILES string of the molecule is [B]C([B])([B])Oc1ccc(F)cc1-c1[nH]c2ncccc2c1-c1cc(OC)ccc1F. The van der Waals surface area contributed by atoms with E-state index in [0.29, 0.717) is 28.0 Å². The van der Waals surface area contributed by atoms with E-state index >= 15 is 0 Å². The van der Waals surface area contributed by atoms with Gasteiger partial charge in [0.15, 0.2) is 0 Å². The van der Waals surface area contributed by atoms with Crippen LogP contribution in [-0.4, -0.2) is 45.9 Å². The highest BCUT2D eigenvalue weighted by Crippen LogP contribution is 2.43. The van der Waals surface area contributed by atoms with Crippen LogP contribution in [0.25, 0.3) is 33.4 Å². The van der Waals surface area contributed by atoms with E-state index < -0.39 is 16.9 Å². The number of aromatic amines is 1. The van der Waals surface area contributed by atoms with Gasteiger partial charge in [-0.1, -0.05) is 0 Å². The molecular weight excluding hydrogens is 383 g/mol. The topological polar surface area (TPSA) is 47.1 Å². The molecule has 0 saturated carbocycles. The number of fused-ring (bicyclic) bond motifs is 1. The van der Waals surface area contributed by atoms with Gasteiger partial charge in [-0.2, -0.15) is 0 Å². The lowest BCUT2D eigenvalue weighted by molar-refractivity contribution is 0.319. The lowest BCUT2D eigenvalue weighted by Gasteiger charge is -2.25. The number of ether oxygens (including phenoxy) is 2. The molecule has 0 aliphatic heterocycles. The van der Waals surface area contributed by atoms with E-state index in [2.05, 4.69) is 9.97 Å². The van der Waals surface area contributed by atoms with Crippen molar-refractivity contribution >= 4 is 34.6 Å². The summed E-state index contributed by atoms with van der Waals surface area (Å²) in [5, 5.41) is -1.38. The second-order valence-electron chi connectivity index (χ2n) is 6.72. The van der Waals surface area contributed by atoms with Crippen molar-refractivity contribution in [2.45, 2.75) is 5.30 Å². The maximum Gasteiger partial charge on any atom is 0.138 e. The molecule has 30 heavy (non-hydrogen) atoms. The number of H-pyrrole nitrogens is 1. The smallest absolute Gasteiger partial charge is 0.138 e. The molecule has 0 bridgehead atoms. The molecule has 0 saturated heterocycles. The van der Waals surface area contributed by atoms with Crippen molar-refractivity contribution in [2.24, 2.45) is 0 Å². The Labute approximate surface area is 175 Å². The third-order valence-electron chi connectivity index (χ3n) is 4.51. The van der Waals surface area contributed by atoms with Crippen molar-refractivity contribution < 1.29 is 18.3 Å². The Balaban J connectivity index is 2.05. The van der Waals surface area contributed by atoms with E-state index in [1.54, 1.807) is 24.4 Å². The first-order valence-corrected chi connectivity index (χ1v) is 8.93. The zero-order chi connectivity index (χ0) is 21.5. The van der Waals surface area contributed by atoms with E-state index in [1.807, 2.05) is 0 Å². The van der Waals surface area contributed by atoms with Crippen LogP contribution in [0.5, 0.6) is 11.5 Å².